The average molecular weight is 434 g/mol. The molecule has 8 heteroatoms. The summed E-state index contributed by atoms with van der Waals surface area (Å²) in [7, 11) is 0. The van der Waals surface area contributed by atoms with E-state index in [2.05, 4.69) is 40.0 Å². The number of anilines is 1. The fourth-order valence-corrected chi connectivity index (χ4v) is 4.02. The van der Waals surface area contributed by atoms with Gasteiger partial charge in [-0.3, -0.25) is 0 Å². The van der Waals surface area contributed by atoms with Gasteiger partial charge in [0.1, 0.15) is 18.5 Å². The Labute approximate surface area is 186 Å². The van der Waals surface area contributed by atoms with Gasteiger partial charge in [-0.15, -0.1) is 0 Å². The topological polar surface area (TPSA) is 130 Å². The van der Waals surface area contributed by atoms with Gasteiger partial charge in [0.25, 0.3) is 0 Å². The van der Waals surface area contributed by atoms with Gasteiger partial charge in [0.15, 0.2) is 0 Å². The molecule has 3 aromatic rings. The van der Waals surface area contributed by atoms with Crippen LogP contribution in [0.2, 0.25) is 0 Å². The van der Waals surface area contributed by atoms with Crippen molar-refractivity contribution < 1.29 is 19.7 Å². The maximum Gasteiger partial charge on any atom is 0.407 e. The van der Waals surface area contributed by atoms with E-state index in [1.165, 1.54) is 0 Å². The summed E-state index contributed by atoms with van der Waals surface area (Å²) >= 11 is 0. The standard InChI is InChI=1S/C24H26N4O4/c25-28-22-11-5-10-20(27-22)23(30)21(29)12-13-26-24(31)32-14-19-17-8-3-1-6-15(17)16-7-2-4-9-18(16)19/h1-11,19,21,23,29-30H,12-14,25H2,(H,26,31)(H,27,28). The molecule has 1 aliphatic carbocycles. The van der Waals surface area contributed by atoms with Gasteiger partial charge in [-0.25, -0.2) is 15.6 Å². The maximum absolute atomic E-state index is 12.2. The highest BCUT2D eigenvalue weighted by molar-refractivity contribution is 5.79. The first-order valence-corrected chi connectivity index (χ1v) is 10.5. The van der Waals surface area contributed by atoms with Crippen LogP contribution >= 0.6 is 0 Å². The second kappa shape index (κ2) is 9.78. The Hall–Kier alpha value is -3.46. The predicted molar refractivity (Wildman–Crippen MR) is 121 cm³/mol. The van der Waals surface area contributed by atoms with Gasteiger partial charge in [-0.05, 0) is 40.8 Å². The number of amides is 1. The van der Waals surface area contributed by atoms with Gasteiger partial charge in [0.2, 0.25) is 0 Å². The number of nitrogens with one attached hydrogen (secondary N) is 2. The first kappa shape index (κ1) is 21.8. The van der Waals surface area contributed by atoms with Gasteiger partial charge in [-0.2, -0.15) is 0 Å². The monoisotopic (exact) mass is 434 g/mol. The Morgan fingerprint density at radius 1 is 1.00 bits per heavy atom. The number of aromatic nitrogens is 1. The quantitative estimate of drug-likeness (QED) is 0.272. The number of aliphatic hydroxyl groups is 2. The molecule has 2 unspecified atom stereocenters. The van der Waals surface area contributed by atoms with E-state index in [9.17, 15) is 15.0 Å². The van der Waals surface area contributed by atoms with Crippen molar-refractivity contribution in [2.24, 2.45) is 5.84 Å². The molecular weight excluding hydrogens is 408 g/mol. The molecule has 1 aromatic heterocycles. The Morgan fingerprint density at radius 2 is 1.66 bits per heavy atom. The number of pyridine rings is 1. The summed E-state index contributed by atoms with van der Waals surface area (Å²) in [5, 5.41) is 23.1. The number of hydrogen-bond donors (Lipinski definition) is 5. The predicted octanol–water partition coefficient (Wildman–Crippen LogP) is 2.69. The lowest BCUT2D eigenvalue weighted by atomic mass is 9.98. The summed E-state index contributed by atoms with van der Waals surface area (Å²) in [5.74, 6) is 5.68. The minimum atomic E-state index is -1.20. The molecule has 0 saturated carbocycles. The van der Waals surface area contributed by atoms with Crippen LogP contribution in [0.5, 0.6) is 0 Å². The summed E-state index contributed by atoms with van der Waals surface area (Å²) in [5.41, 5.74) is 7.29. The molecular formula is C24H26N4O4. The van der Waals surface area contributed by atoms with Crippen molar-refractivity contribution in [3.05, 3.63) is 83.6 Å². The Balaban J connectivity index is 1.28. The van der Waals surface area contributed by atoms with Gasteiger partial charge in [0, 0.05) is 12.5 Å². The van der Waals surface area contributed by atoms with Gasteiger partial charge < -0.3 is 25.7 Å². The number of aliphatic hydroxyl groups excluding tert-OH is 2. The molecule has 32 heavy (non-hydrogen) atoms. The van der Waals surface area contributed by atoms with E-state index in [-0.39, 0.29) is 31.2 Å². The SMILES string of the molecule is NNc1cccc(C(O)C(O)CCNC(=O)OCC2c3ccccc3-c3ccccc32)n1. The number of alkyl carbamates (subject to hydrolysis) is 1. The molecule has 0 fully saturated rings. The number of hydrazine groups is 1. The third-order valence-corrected chi connectivity index (χ3v) is 5.64. The molecule has 6 N–H and O–H groups in total. The van der Waals surface area contributed by atoms with Crippen molar-refractivity contribution >= 4 is 11.9 Å². The number of ether oxygens (including phenoxy) is 1. The molecule has 2 aromatic carbocycles. The number of rotatable bonds is 8. The third-order valence-electron chi connectivity index (χ3n) is 5.64. The number of nitrogen functional groups attached to an aromatic ring is 1. The molecule has 0 spiro atoms. The summed E-state index contributed by atoms with van der Waals surface area (Å²) in [6.07, 6.45) is -2.74. The number of hydrogen-bond acceptors (Lipinski definition) is 7. The summed E-state index contributed by atoms with van der Waals surface area (Å²) in [4.78, 5) is 16.3. The maximum atomic E-state index is 12.2. The lowest BCUT2D eigenvalue weighted by Gasteiger charge is -2.18. The van der Waals surface area contributed by atoms with Crippen LogP contribution < -0.4 is 16.6 Å². The highest BCUT2D eigenvalue weighted by Gasteiger charge is 2.29. The molecule has 8 nitrogen and oxygen atoms in total. The molecule has 1 heterocycles. The van der Waals surface area contributed by atoms with Gasteiger partial charge in [-0.1, -0.05) is 54.6 Å². The molecule has 0 radical (unpaired) electrons. The smallest absolute Gasteiger partial charge is 0.407 e. The zero-order valence-corrected chi connectivity index (χ0v) is 17.4. The minimum absolute atomic E-state index is 0.0185. The number of nitrogens with zero attached hydrogens (tertiary/aromatic N) is 1. The highest BCUT2D eigenvalue weighted by Crippen LogP contribution is 2.44. The summed E-state index contributed by atoms with van der Waals surface area (Å²) in [6, 6.07) is 21.1. The van der Waals surface area contributed by atoms with Gasteiger partial charge in [0.05, 0.1) is 11.8 Å². The third kappa shape index (κ3) is 4.57. The van der Waals surface area contributed by atoms with E-state index < -0.39 is 18.3 Å². The second-order valence-electron chi connectivity index (χ2n) is 7.65. The molecule has 0 bridgehead atoms. The highest BCUT2D eigenvalue weighted by atomic mass is 16.5. The normalized spacial score (nSPS) is 14.2. The fraction of sp³-hybridized carbons (Fsp3) is 0.250. The number of benzene rings is 2. The second-order valence-corrected chi connectivity index (χ2v) is 7.65. The van der Waals surface area contributed by atoms with E-state index in [0.29, 0.717) is 5.82 Å². The zero-order chi connectivity index (χ0) is 22.5. The minimum Gasteiger partial charge on any atom is -0.449 e. The Kier molecular flexibility index (Phi) is 6.65. The van der Waals surface area contributed by atoms with Crippen molar-refractivity contribution in [3.8, 4) is 11.1 Å². The van der Waals surface area contributed by atoms with Crippen molar-refractivity contribution in [2.75, 3.05) is 18.6 Å². The number of nitrogens with two attached hydrogens (primary N) is 1. The molecule has 0 aliphatic heterocycles. The van der Waals surface area contributed by atoms with Crippen molar-refractivity contribution in [1.29, 1.82) is 0 Å². The van der Waals surface area contributed by atoms with E-state index in [1.807, 2.05) is 24.3 Å². The number of fused-ring (bicyclic) bond motifs is 3. The van der Waals surface area contributed by atoms with E-state index >= 15 is 0 Å². The van der Waals surface area contributed by atoms with Crippen LogP contribution in [-0.2, 0) is 4.74 Å². The van der Waals surface area contributed by atoms with E-state index in [0.717, 1.165) is 22.3 Å². The average Bonchev–Trinajstić information content (AvgIpc) is 3.16. The number of carbonyl (C=O) groups is 1. The molecule has 0 saturated heterocycles. The van der Waals surface area contributed by atoms with Crippen molar-refractivity contribution in [3.63, 3.8) is 0 Å². The first-order chi connectivity index (χ1) is 15.6. The Bertz CT molecular complexity index is 1050. The molecule has 1 amide bonds. The molecule has 2 atom stereocenters. The van der Waals surface area contributed by atoms with Crippen LogP contribution in [0.3, 0.4) is 0 Å². The van der Waals surface area contributed by atoms with E-state index in [4.69, 9.17) is 10.6 Å². The van der Waals surface area contributed by atoms with Crippen LogP contribution in [-0.4, -0.2) is 40.5 Å². The van der Waals surface area contributed by atoms with Crippen LogP contribution in [0.4, 0.5) is 10.6 Å². The van der Waals surface area contributed by atoms with Crippen molar-refractivity contribution in [2.45, 2.75) is 24.5 Å². The van der Waals surface area contributed by atoms with Crippen LogP contribution in [0, 0.1) is 0 Å². The Morgan fingerprint density at radius 3 is 2.31 bits per heavy atom. The molecule has 166 valence electrons. The van der Waals surface area contributed by atoms with E-state index in [1.54, 1.807) is 18.2 Å². The number of carbonyl (C=O) groups excluding carboxylic acids is 1. The molecule has 1 aliphatic rings. The van der Waals surface area contributed by atoms with Gasteiger partial charge >= 0.3 is 6.09 Å². The van der Waals surface area contributed by atoms with Crippen LogP contribution in [0.1, 0.15) is 35.3 Å². The van der Waals surface area contributed by atoms with Crippen LogP contribution in [0.25, 0.3) is 11.1 Å². The van der Waals surface area contributed by atoms with Crippen molar-refractivity contribution in [1.82, 2.24) is 10.3 Å². The lowest BCUT2D eigenvalue weighted by molar-refractivity contribution is 0.0112. The lowest BCUT2D eigenvalue weighted by Crippen LogP contribution is -2.31. The zero-order valence-electron chi connectivity index (χ0n) is 17.4. The largest absolute Gasteiger partial charge is 0.449 e. The van der Waals surface area contributed by atoms with Crippen LogP contribution in [0.15, 0.2) is 66.7 Å². The first-order valence-electron chi connectivity index (χ1n) is 10.5. The molecule has 4 rings (SSSR count). The fourth-order valence-electron chi connectivity index (χ4n) is 4.02. The summed E-state index contributed by atoms with van der Waals surface area (Å²) < 4.78 is 5.47. The summed E-state index contributed by atoms with van der Waals surface area (Å²) in [6.45, 7) is 0.359.